The third kappa shape index (κ3) is 3.65. The molecule has 4 nitrogen and oxygen atoms in total. The SMILES string of the molecule is CN(CCc1ccncc1)C(CN)c1occc1Br. The Bertz CT molecular complexity index is 500. The molecule has 2 rings (SSSR count). The minimum atomic E-state index is 0.0891. The topological polar surface area (TPSA) is 55.3 Å². The van der Waals surface area contributed by atoms with Gasteiger partial charge < -0.3 is 10.2 Å². The summed E-state index contributed by atoms with van der Waals surface area (Å²) in [7, 11) is 2.06. The molecule has 1 atom stereocenters. The molecule has 1 unspecified atom stereocenters. The number of hydrogen-bond donors (Lipinski definition) is 1. The van der Waals surface area contributed by atoms with Gasteiger partial charge in [-0.05, 0) is 53.2 Å². The third-order valence-electron chi connectivity index (χ3n) is 3.21. The lowest BCUT2D eigenvalue weighted by Gasteiger charge is -2.25. The van der Waals surface area contributed by atoms with Crippen LogP contribution in [0.1, 0.15) is 17.4 Å². The molecule has 0 aliphatic carbocycles. The standard InChI is InChI=1S/C14H18BrN3O/c1-18(8-4-11-2-6-17-7-3-11)13(10-16)14-12(15)5-9-19-14/h2-3,5-7,9,13H,4,8,10,16H2,1H3. The van der Waals surface area contributed by atoms with Gasteiger partial charge in [0.25, 0.3) is 0 Å². The zero-order chi connectivity index (χ0) is 13.7. The Labute approximate surface area is 121 Å². The molecular formula is C14H18BrN3O. The van der Waals surface area contributed by atoms with E-state index in [4.69, 9.17) is 10.2 Å². The fourth-order valence-electron chi connectivity index (χ4n) is 2.04. The van der Waals surface area contributed by atoms with Gasteiger partial charge >= 0.3 is 0 Å². The van der Waals surface area contributed by atoms with E-state index in [1.54, 1.807) is 6.26 Å². The van der Waals surface area contributed by atoms with E-state index in [1.807, 2.05) is 30.6 Å². The Morgan fingerprint density at radius 1 is 1.37 bits per heavy atom. The molecule has 102 valence electrons. The number of pyridine rings is 1. The molecule has 0 spiro atoms. The number of nitrogens with two attached hydrogens (primary N) is 1. The van der Waals surface area contributed by atoms with Crippen LogP contribution >= 0.6 is 15.9 Å². The highest BCUT2D eigenvalue weighted by molar-refractivity contribution is 9.10. The number of furan rings is 1. The maximum Gasteiger partial charge on any atom is 0.136 e. The Morgan fingerprint density at radius 2 is 2.11 bits per heavy atom. The highest BCUT2D eigenvalue weighted by Crippen LogP contribution is 2.27. The van der Waals surface area contributed by atoms with E-state index in [9.17, 15) is 0 Å². The number of aromatic nitrogens is 1. The number of rotatable bonds is 6. The molecular weight excluding hydrogens is 306 g/mol. The van der Waals surface area contributed by atoms with Crippen LogP contribution in [0.4, 0.5) is 0 Å². The second-order valence-corrected chi connectivity index (χ2v) is 5.32. The number of likely N-dealkylation sites (N-methyl/N-ethyl adjacent to an activating group) is 1. The molecule has 2 aromatic rings. The zero-order valence-corrected chi connectivity index (χ0v) is 12.5. The van der Waals surface area contributed by atoms with Crippen molar-refractivity contribution in [3.8, 4) is 0 Å². The Morgan fingerprint density at radius 3 is 2.68 bits per heavy atom. The van der Waals surface area contributed by atoms with E-state index >= 15 is 0 Å². The van der Waals surface area contributed by atoms with Crippen LogP contribution in [0, 0.1) is 0 Å². The average molecular weight is 324 g/mol. The summed E-state index contributed by atoms with van der Waals surface area (Å²) in [6, 6.07) is 6.06. The highest BCUT2D eigenvalue weighted by Gasteiger charge is 2.20. The Balaban J connectivity index is 1.98. The summed E-state index contributed by atoms with van der Waals surface area (Å²) in [6.07, 6.45) is 6.28. The van der Waals surface area contributed by atoms with Gasteiger partial charge in [0.1, 0.15) is 5.76 Å². The molecule has 0 saturated carbocycles. The van der Waals surface area contributed by atoms with E-state index in [1.165, 1.54) is 5.56 Å². The fourth-order valence-corrected chi connectivity index (χ4v) is 2.51. The summed E-state index contributed by atoms with van der Waals surface area (Å²) in [5.74, 6) is 0.889. The van der Waals surface area contributed by atoms with E-state index in [0.29, 0.717) is 6.54 Å². The Hall–Kier alpha value is -1.17. The van der Waals surface area contributed by atoms with Crippen LogP contribution in [0.3, 0.4) is 0 Å². The summed E-state index contributed by atoms with van der Waals surface area (Å²) in [4.78, 5) is 6.23. The van der Waals surface area contributed by atoms with Crippen LogP contribution in [0.5, 0.6) is 0 Å². The number of nitrogens with zero attached hydrogens (tertiary/aromatic N) is 2. The summed E-state index contributed by atoms with van der Waals surface area (Å²) in [5, 5.41) is 0. The van der Waals surface area contributed by atoms with Gasteiger partial charge in [-0.2, -0.15) is 0 Å². The molecule has 2 heterocycles. The lowest BCUT2D eigenvalue weighted by atomic mass is 10.1. The summed E-state index contributed by atoms with van der Waals surface area (Å²) in [5.41, 5.74) is 7.14. The molecule has 0 aromatic carbocycles. The molecule has 0 radical (unpaired) electrons. The summed E-state index contributed by atoms with van der Waals surface area (Å²) >= 11 is 3.49. The molecule has 0 amide bonds. The van der Waals surface area contributed by atoms with Crippen LogP contribution in [-0.2, 0) is 6.42 Å². The van der Waals surface area contributed by atoms with Crippen molar-refractivity contribution in [2.24, 2.45) is 5.73 Å². The van der Waals surface area contributed by atoms with Gasteiger partial charge in [-0.25, -0.2) is 0 Å². The second kappa shape index (κ2) is 6.84. The first-order valence-corrected chi connectivity index (χ1v) is 7.03. The van der Waals surface area contributed by atoms with Gasteiger partial charge in [0.05, 0.1) is 16.8 Å². The largest absolute Gasteiger partial charge is 0.466 e. The smallest absolute Gasteiger partial charge is 0.136 e. The van der Waals surface area contributed by atoms with Crippen molar-refractivity contribution in [3.63, 3.8) is 0 Å². The van der Waals surface area contributed by atoms with Crippen molar-refractivity contribution in [1.29, 1.82) is 0 Å². The second-order valence-electron chi connectivity index (χ2n) is 4.47. The van der Waals surface area contributed by atoms with Gasteiger partial charge in [0, 0.05) is 25.5 Å². The molecule has 0 bridgehead atoms. The van der Waals surface area contributed by atoms with Gasteiger partial charge in [-0.1, -0.05) is 0 Å². The Kier molecular flexibility index (Phi) is 5.13. The number of halogens is 1. The van der Waals surface area contributed by atoms with E-state index < -0.39 is 0 Å². The van der Waals surface area contributed by atoms with Crippen molar-refractivity contribution in [1.82, 2.24) is 9.88 Å². The van der Waals surface area contributed by atoms with Crippen molar-refractivity contribution < 1.29 is 4.42 Å². The van der Waals surface area contributed by atoms with Crippen molar-refractivity contribution in [2.75, 3.05) is 20.1 Å². The molecule has 0 aliphatic heterocycles. The molecule has 5 heteroatoms. The predicted octanol–water partition coefficient (Wildman–Crippen LogP) is 2.61. The molecule has 0 saturated heterocycles. The quantitative estimate of drug-likeness (QED) is 0.887. The van der Waals surface area contributed by atoms with Crippen LogP contribution in [0.15, 0.2) is 45.7 Å². The van der Waals surface area contributed by atoms with E-state index in [2.05, 4.69) is 32.9 Å². The number of hydrogen-bond acceptors (Lipinski definition) is 4. The fraction of sp³-hybridized carbons (Fsp3) is 0.357. The molecule has 0 fully saturated rings. The lowest BCUT2D eigenvalue weighted by Crippen LogP contribution is -2.32. The van der Waals surface area contributed by atoms with Crippen LogP contribution in [-0.4, -0.2) is 30.0 Å². The van der Waals surface area contributed by atoms with Gasteiger partial charge in [-0.15, -0.1) is 0 Å². The molecule has 0 aliphatic rings. The first kappa shape index (κ1) is 14.2. The summed E-state index contributed by atoms with van der Waals surface area (Å²) < 4.78 is 6.48. The minimum absolute atomic E-state index is 0.0891. The van der Waals surface area contributed by atoms with E-state index in [-0.39, 0.29) is 6.04 Å². The summed E-state index contributed by atoms with van der Waals surface area (Å²) in [6.45, 7) is 1.44. The zero-order valence-electron chi connectivity index (χ0n) is 10.9. The normalized spacial score (nSPS) is 12.8. The average Bonchev–Trinajstić information content (AvgIpc) is 2.85. The first-order valence-electron chi connectivity index (χ1n) is 6.24. The maximum absolute atomic E-state index is 5.87. The van der Waals surface area contributed by atoms with Crippen molar-refractivity contribution in [2.45, 2.75) is 12.5 Å². The maximum atomic E-state index is 5.87. The molecule has 19 heavy (non-hydrogen) atoms. The van der Waals surface area contributed by atoms with Gasteiger partial charge in [0.15, 0.2) is 0 Å². The van der Waals surface area contributed by atoms with Crippen LogP contribution in [0.2, 0.25) is 0 Å². The molecule has 2 aromatic heterocycles. The molecule has 2 N–H and O–H groups in total. The lowest BCUT2D eigenvalue weighted by molar-refractivity contribution is 0.222. The van der Waals surface area contributed by atoms with Crippen LogP contribution in [0.25, 0.3) is 0 Å². The predicted molar refractivity (Wildman–Crippen MR) is 78.8 cm³/mol. The van der Waals surface area contributed by atoms with Crippen molar-refractivity contribution in [3.05, 3.63) is 52.7 Å². The van der Waals surface area contributed by atoms with Crippen molar-refractivity contribution >= 4 is 15.9 Å². The van der Waals surface area contributed by atoms with Gasteiger partial charge in [0.2, 0.25) is 0 Å². The first-order chi connectivity index (χ1) is 9.22. The third-order valence-corrected chi connectivity index (χ3v) is 3.86. The monoisotopic (exact) mass is 323 g/mol. The highest BCUT2D eigenvalue weighted by atomic mass is 79.9. The minimum Gasteiger partial charge on any atom is -0.466 e. The van der Waals surface area contributed by atoms with Crippen LogP contribution < -0.4 is 5.73 Å². The van der Waals surface area contributed by atoms with E-state index in [0.717, 1.165) is 23.2 Å². The van der Waals surface area contributed by atoms with Gasteiger partial charge in [-0.3, -0.25) is 9.88 Å².